The van der Waals surface area contributed by atoms with Gasteiger partial charge in [-0.3, -0.25) is 4.79 Å². The largest absolute Gasteiger partial charge is 0.424 e. The molecule has 20 heavy (non-hydrogen) atoms. The van der Waals surface area contributed by atoms with Crippen molar-refractivity contribution in [1.29, 1.82) is 0 Å². The lowest BCUT2D eigenvalue weighted by atomic mass is 10.2. The van der Waals surface area contributed by atoms with Crippen molar-refractivity contribution in [3.05, 3.63) is 58.4 Å². The average Bonchev–Trinajstić information content (AvgIpc) is 2.40. The second-order valence-corrected chi connectivity index (χ2v) is 4.75. The molecule has 0 aliphatic carbocycles. The molecule has 0 fully saturated rings. The van der Waals surface area contributed by atoms with E-state index in [2.05, 4.69) is 4.98 Å². The molecule has 1 aromatic heterocycles. The minimum absolute atomic E-state index is 0.364. The third-order valence-corrected chi connectivity index (χ3v) is 2.83. The van der Waals surface area contributed by atoms with Crippen molar-refractivity contribution in [1.82, 2.24) is 4.98 Å². The molecule has 0 unspecified atom stereocenters. The molecule has 0 atom stereocenters. The van der Waals surface area contributed by atoms with Crippen LogP contribution in [0.3, 0.4) is 0 Å². The van der Waals surface area contributed by atoms with E-state index >= 15 is 0 Å². The van der Waals surface area contributed by atoms with Crippen molar-refractivity contribution in [3.8, 4) is 5.75 Å². The van der Waals surface area contributed by atoms with Gasteiger partial charge < -0.3 is 4.74 Å². The number of ether oxygens (including phenoxy) is 1. The van der Waals surface area contributed by atoms with Crippen molar-refractivity contribution in [2.45, 2.75) is 13.8 Å². The van der Waals surface area contributed by atoms with E-state index in [9.17, 15) is 4.79 Å². The zero-order valence-corrected chi connectivity index (χ0v) is 12.0. The number of esters is 1. The molecule has 0 aliphatic rings. The van der Waals surface area contributed by atoms with Gasteiger partial charge in [0.1, 0.15) is 5.69 Å². The fourth-order valence-corrected chi connectivity index (χ4v) is 1.80. The number of benzene rings is 1. The van der Waals surface area contributed by atoms with Gasteiger partial charge in [0.25, 0.3) is 0 Å². The van der Waals surface area contributed by atoms with Crippen LogP contribution in [-0.4, -0.2) is 11.0 Å². The van der Waals surface area contributed by atoms with Gasteiger partial charge in [-0.2, -0.15) is 0 Å². The van der Waals surface area contributed by atoms with Crippen LogP contribution in [0.15, 0.2) is 36.4 Å². The van der Waals surface area contributed by atoms with Gasteiger partial charge in [0, 0.05) is 17.6 Å². The highest BCUT2D eigenvalue weighted by Gasteiger charge is 2.05. The molecule has 0 saturated carbocycles. The number of halogens is 1. The van der Waals surface area contributed by atoms with E-state index < -0.39 is 0 Å². The van der Waals surface area contributed by atoms with E-state index in [0.29, 0.717) is 16.5 Å². The number of carbonyl (C=O) groups is 1. The fourth-order valence-electron chi connectivity index (χ4n) is 1.67. The maximum Gasteiger partial charge on any atom is 0.308 e. The van der Waals surface area contributed by atoms with E-state index in [1.54, 1.807) is 12.1 Å². The van der Waals surface area contributed by atoms with Gasteiger partial charge in [0.2, 0.25) is 0 Å². The minimum Gasteiger partial charge on any atom is -0.424 e. The van der Waals surface area contributed by atoms with Crippen molar-refractivity contribution in [2.24, 2.45) is 0 Å². The lowest BCUT2D eigenvalue weighted by molar-refractivity contribution is -0.131. The first kappa shape index (κ1) is 14.3. The molecule has 0 aliphatic heterocycles. The molecule has 2 aromatic rings. The Morgan fingerprint density at radius 2 is 1.85 bits per heavy atom. The Bertz CT molecular complexity index is 648. The Hall–Kier alpha value is -2.13. The van der Waals surface area contributed by atoms with E-state index in [1.807, 2.05) is 43.3 Å². The molecule has 0 N–H and O–H groups in total. The van der Waals surface area contributed by atoms with E-state index in [4.69, 9.17) is 16.3 Å². The molecule has 0 radical (unpaired) electrons. The number of nitrogens with zero attached hydrogens (tertiary/aromatic N) is 1. The second kappa shape index (κ2) is 6.35. The van der Waals surface area contributed by atoms with Crippen LogP contribution < -0.4 is 4.74 Å². The van der Waals surface area contributed by atoms with Crippen molar-refractivity contribution in [2.75, 3.05) is 0 Å². The first-order valence-electron chi connectivity index (χ1n) is 6.14. The van der Waals surface area contributed by atoms with Crippen LogP contribution in [0, 0.1) is 6.92 Å². The van der Waals surface area contributed by atoms with Gasteiger partial charge >= 0.3 is 5.97 Å². The SMILES string of the molecule is CC(=O)Oc1ccc(C)nc1C=Cc1ccc(Cl)cc1. The van der Waals surface area contributed by atoms with Gasteiger partial charge in [-0.25, -0.2) is 4.98 Å². The molecule has 0 spiro atoms. The number of carbonyl (C=O) groups excluding carboxylic acids is 1. The second-order valence-electron chi connectivity index (χ2n) is 4.31. The highest BCUT2D eigenvalue weighted by atomic mass is 35.5. The zero-order chi connectivity index (χ0) is 14.5. The van der Waals surface area contributed by atoms with Crippen LogP contribution >= 0.6 is 11.6 Å². The summed E-state index contributed by atoms with van der Waals surface area (Å²) in [5.74, 6) is 0.0881. The van der Waals surface area contributed by atoms with Gasteiger partial charge in [0.15, 0.2) is 5.75 Å². The summed E-state index contributed by atoms with van der Waals surface area (Å²) in [6.45, 7) is 3.25. The van der Waals surface area contributed by atoms with Crippen molar-refractivity contribution in [3.63, 3.8) is 0 Å². The molecule has 4 heteroatoms. The molecule has 3 nitrogen and oxygen atoms in total. The summed E-state index contributed by atoms with van der Waals surface area (Å²) in [5.41, 5.74) is 2.47. The fraction of sp³-hybridized carbons (Fsp3) is 0.125. The monoisotopic (exact) mass is 287 g/mol. The molecular formula is C16H14ClNO2. The third kappa shape index (κ3) is 3.93. The molecular weight excluding hydrogens is 274 g/mol. The predicted molar refractivity (Wildman–Crippen MR) is 80.7 cm³/mol. The van der Waals surface area contributed by atoms with Gasteiger partial charge in [0.05, 0.1) is 0 Å². The lowest BCUT2D eigenvalue weighted by Gasteiger charge is -2.05. The first-order chi connectivity index (χ1) is 9.54. The van der Waals surface area contributed by atoms with E-state index in [0.717, 1.165) is 11.3 Å². The Morgan fingerprint density at radius 1 is 1.15 bits per heavy atom. The number of aromatic nitrogens is 1. The van der Waals surface area contributed by atoms with E-state index in [-0.39, 0.29) is 5.97 Å². The van der Waals surface area contributed by atoms with Gasteiger partial charge in [-0.1, -0.05) is 29.8 Å². The maximum atomic E-state index is 11.1. The quantitative estimate of drug-likeness (QED) is 0.797. The Morgan fingerprint density at radius 3 is 2.50 bits per heavy atom. The van der Waals surface area contributed by atoms with E-state index in [1.165, 1.54) is 6.92 Å². The van der Waals surface area contributed by atoms with Crippen LogP contribution in [0.25, 0.3) is 12.2 Å². The summed E-state index contributed by atoms with van der Waals surface area (Å²) in [6, 6.07) is 11.0. The lowest BCUT2D eigenvalue weighted by Crippen LogP contribution is -2.04. The Labute approximate surface area is 122 Å². The normalized spacial score (nSPS) is 10.8. The standard InChI is InChI=1S/C16H14ClNO2/c1-11-3-10-16(20-12(2)19)15(18-11)9-6-13-4-7-14(17)8-5-13/h3-10H,1-2H3. The Balaban J connectivity index is 2.29. The topological polar surface area (TPSA) is 39.2 Å². The summed E-state index contributed by atoms with van der Waals surface area (Å²) in [6.07, 6.45) is 3.71. The van der Waals surface area contributed by atoms with Crippen LogP contribution in [0.2, 0.25) is 5.02 Å². The number of rotatable bonds is 3. The van der Waals surface area contributed by atoms with Crippen LogP contribution in [0.4, 0.5) is 0 Å². The summed E-state index contributed by atoms with van der Waals surface area (Å²) in [7, 11) is 0. The van der Waals surface area contributed by atoms with Crippen molar-refractivity contribution >= 4 is 29.7 Å². The number of aryl methyl sites for hydroxylation is 1. The molecule has 1 aromatic carbocycles. The molecule has 102 valence electrons. The molecule has 2 rings (SSSR count). The van der Waals surface area contributed by atoms with Crippen LogP contribution in [0.5, 0.6) is 5.75 Å². The maximum absolute atomic E-state index is 11.1. The van der Waals surface area contributed by atoms with Crippen molar-refractivity contribution < 1.29 is 9.53 Å². The van der Waals surface area contributed by atoms with Crippen LogP contribution in [0.1, 0.15) is 23.9 Å². The Kier molecular flexibility index (Phi) is 4.53. The smallest absolute Gasteiger partial charge is 0.308 e. The molecule has 0 amide bonds. The van der Waals surface area contributed by atoms with Gasteiger partial charge in [-0.15, -0.1) is 0 Å². The summed E-state index contributed by atoms with van der Waals surface area (Å²) < 4.78 is 5.13. The predicted octanol–water partition coefficient (Wildman–Crippen LogP) is 4.14. The highest BCUT2D eigenvalue weighted by Crippen LogP contribution is 2.20. The first-order valence-corrected chi connectivity index (χ1v) is 6.52. The molecule has 0 saturated heterocycles. The third-order valence-electron chi connectivity index (χ3n) is 2.58. The molecule has 0 bridgehead atoms. The van der Waals surface area contributed by atoms with Gasteiger partial charge in [-0.05, 0) is 42.8 Å². The zero-order valence-electron chi connectivity index (χ0n) is 11.3. The minimum atomic E-state index is -0.364. The van der Waals surface area contributed by atoms with Crippen LogP contribution in [-0.2, 0) is 4.79 Å². The number of hydrogen-bond acceptors (Lipinski definition) is 3. The average molecular weight is 288 g/mol. The summed E-state index contributed by atoms with van der Waals surface area (Å²) >= 11 is 5.84. The summed E-state index contributed by atoms with van der Waals surface area (Å²) in [4.78, 5) is 15.4. The highest BCUT2D eigenvalue weighted by molar-refractivity contribution is 6.30. The molecule has 1 heterocycles. The number of pyridine rings is 1. The summed E-state index contributed by atoms with van der Waals surface area (Å²) in [5, 5.41) is 0.691. The number of hydrogen-bond donors (Lipinski definition) is 0.